The van der Waals surface area contributed by atoms with E-state index in [1.165, 1.54) is 4.52 Å². The van der Waals surface area contributed by atoms with Crippen LogP contribution in [0.3, 0.4) is 0 Å². The Morgan fingerprint density at radius 2 is 2.03 bits per heavy atom. The summed E-state index contributed by atoms with van der Waals surface area (Å²) in [5, 5.41) is 11.7. The lowest BCUT2D eigenvalue weighted by atomic mass is 9.78. The second-order valence-corrected chi connectivity index (χ2v) is 9.23. The highest BCUT2D eigenvalue weighted by atomic mass is 79.9. The van der Waals surface area contributed by atoms with Crippen LogP contribution < -0.4 is 15.6 Å². The third kappa shape index (κ3) is 4.37. The summed E-state index contributed by atoms with van der Waals surface area (Å²) in [5.41, 5.74) is 0.0658. The molecule has 1 amide bonds. The number of amides is 1. The molecule has 0 spiro atoms. The zero-order valence-corrected chi connectivity index (χ0v) is 19.5. The van der Waals surface area contributed by atoms with Crippen LogP contribution in [0.5, 0.6) is 5.88 Å². The molecule has 0 aliphatic heterocycles. The first-order valence-corrected chi connectivity index (χ1v) is 11.3. The molecule has 9 nitrogen and oxygen atoms in total. The van der Waals surface area contributed by atoms with Crippen molar-refractivity contribution < 1.29 is 18.3 Å². The van der Waals surface area contributed by atoms with Crippen LogP contribution in [0.1, 0.15) is 19.8 Å². The molecule has 0 radical (unpaired) electrons. The molecule has 12 heteroatoms. The Balaban J connectivity index is 1.40. The number of pyridine rings is 1. The molecule has 1 aromatic carbocycles. The number of benzene rings is 1. The molecule has 1 aliphatic rings. The molecule has 3 heterocycles. The van der Waals surface area contributed by atoms with E-state index >= 15 is 0 Å². The molecule has 0 bridgehead atoms. The van der Waals surface area contributed by atoms with Gasteiger partial charge in [-0.3, -0.25) is 14.9 Å². The summed E-state index contributed by atoms with van der Waals surface area (Å²) in [6, 6.07) is 10.3. The molecule has 0 saturated heterocycles. The standard InChI is InChI=1S/C22H19BrF2N6O3/c1-22(24,25)12-8-14(9-12)34-19-16-10-13(23)5-6-15(16)20(33)31(28-19)11-18(32)27-21-26-17-4-2-3-7-30(17)29-21/h2-7,10,12,14H,8-9,11H2,1H3,(H,27,29,32). The molecule has 1 saturated carbocycles. The maximum Gasteiger partial charge on any atom is 0.275 e. The minimum Gasteiger partial charge on any atom is -0.473 e. The number of alkyl halides is 2. The van der Waals surface area contributed by atoms with Gasteiger partial charge in [0.2, 0.25) is 23.7 Å². The fraction of sp³-hybridized carbons (Fsp3) is 0.318. The molecule has 1 fully saturated rings. The normalized spacial score (nSPS) is 18.1. The SMILES string of the molecule is CC(F)(F)C1CC(Oc2nn(CC(=O)Nc3nc4ccccn4n3)c(=O)c3ccc(Br)cc23)C1. The van der Waals surface area contributed by atoms with Gasteiger partial charge in [0.25, 0.3) is 5.56 Å². The van der Waals surface area contributed by atoms with Crippen LogP contribution >= 0.6 is 15.9 Å². The fourth-order valence-electron chi connectivity index (χ4n) is 3.84. The Bertz CT molecular complexity index is 1430. The van der Waals surface area contributed by atoms with Gasteiger partial charge in [-0.05, 0) is 50.1 Å². The van der Waals surface area contributed by atoms with Crippen molar-refractivity contribution in [3.8, 4) is 5.88 Å². The lowest BCUT2D eigenvalue weighted by Gasteiger charge is -2.38. The van der Waals surface area contributed by atoms with Crippen LogP contribution in [0, 0.1) is 5.92 Å². The number of rotatable bonds is 6. The largest absolute Gasteiger partial charge is 0.473 e. The fourth-order valence-corrected chi connectivity index (χ4v) is 4.20. The van der Waals surface area contributed by atoms with Crippen LogP contribution in [0.15, 0.2) is 51.9 Å². The van der Waals surface area contributed by atoms with E-state index in [0.717, 1.165) is 11.6 Å². The first-order chi connectivity index (χ1) is 16.2. The van der Waals surface area contributed by atoms with Crippen LogP contribution in [0.2, 0.25) is 0 Å². The monoisotopic (exact) mass is 532 g/mol. The highest BCUT2D eigenvalue weighted by molar-refractivity contribution is 9.10. The number of ether oxygens (including phenoxy) is 1. The van der Waals surface area contributed by atoms with Gasteiger partial charge in [-0.25, -0.2) is 18.0 Å². The molecule has 3 aromatic heterocycles. The number of hydrogen-bond donors (Lipinski definition) is 1. The summed E-state index contributed by atoms with van der Waals surface area (Å²) in [6.45, 7) is 0.493. The van der Waals surface area contributed by atoms with Crippen LogP contribution in [0.4, 0.5) is 14.7 Å². The van der Waals surface area contributed by atoms with Gasteiger partial charge < -0.3 is 4.74 Å². The average molecular weight is 533 g/mol. The number of fused-ring (bicyclic) bond motifs is 2. The van der Waals surface area contributed by atoms with Crippen LogP contribution in [-0.2, 0) is 11.3 Å². The molecule has 34 heavy (non-hydrogen) atoms. The maximum atomic E-state index is 13.5. The number of nitrogens with zero attached hydrogens (tertiary/aromatic N) is 5. The van der Waals surface area contributed by atoms with E-state index in [2.05, 4.69) is 36.4 Å². The minimum atomic E-state index is -2.78. The van der Waals surface area contributed by atoms with E-state index in [1.54, 1.807) is 42.6 Å². The third-order valence-corrected chi connectivity index (χ3v) is 6.26. The lowest BCUT2D eigenvalue weighted by molar-refractivity contribution is -0.117. The number of carbonyl (C=O) groups is 1. The Morgan fingerprint density at radius 3 is 2.76 bits per heavy atom. The van der Waals surface area contributed by atoms with Crippen molar-refractivity contribution in [2.24, 2.45) is 5.92 Å². The minimum absolute atomic E-state index is 0.0893. The zero-order chi connectivity index (χ0) is 24.0. The van der Waals surface area contributed by atoms with Crippen LogP contribution in [-0.4, -0.2) is 42.3 Å². The van der Waals surface area contributed by atoms with E-state index in [1.807, 2.05) is 0 Å². The van der Waals surface area contributed by atoms with Gasteiger partial charge in [0.1, 0.15) is 12.6 Å². The van der Waals surface area contributed by atoms with Crippen molar-refractivity contribution in [3.05, 3.63) is 57.4 Å². The van der Waals surface area contributed by atoms with Gasteiger partial charge in [-0.1, -0.05) is 22.0 Å². The van der Waals surface area contributed by atoms with E-state index in [-0.39, 0.29) is 24.7 Å². The smallest absolute Gasteiger partial charge is 0.275 e. The Labute approximate surface area is 199 Å². The topological polar surface area (TPSA) is 103 Å². The summed E-state index contributed by atoms with van der Waals surface area (Å²) in [4.78, 5) is 29.8. The Kier molecular flexibility index (Phi) is 5.54. The molecule has 1 N–H and O–H groups in total. The molecular weight excluding hydrogens is 514 g/mol. The molecule has 0 atom stereocenters. The maximum absolute atomic E-state index is 13.5. The Hall–Kier alpha value is -3.41. The van der Waals surface area contributed by atoms with E-state index in [9.17, 15) is 18.4 Å². The van der Waals surface area contributed by atoms with Gasteiger partial charge in [0.05, 0.1) is 10.8 Å². The second kappa shape index (κ2) is 8.42. The number of carbonyl (C=O) groups excluding carboxylic acids is 1. The van der Waals surface area contributed by atoms with Crippen molar-refractivity contribution in [1.29, 1.82) is 0 Å². The zero-order valence-electron chi connectivity index (χ0n) is 17.9. The summed E-state index contributed by atoms with van der Waals surface area (Å²) in [7, 11) is 0. The quantitative estimate of drug-likeness (QED) is 0.406. The molecule has 4 aromatic rings. The molecule has 176 valence electrons. The summed E-state index contributed by atoms with van der Waals surface area (Å²) in [5.74, 6) is -3.89. The summed E-state index contributed by atoms with van der Waals surface area (Å²) < 4.78 is 36.1. The van der Waals surface area contributed by atoms with Crippen molar-refractivity contribution in [1.82, 2.24) is 24.4 Å². The second-order valence-electron chi connectivity index (χ2n) is 8.31. The van der Waals surface area contributed by atoms with Gasteiger partial charge in [0, 0.05) is 16.6 Å². The number of anilines is 1. The summed E-state index contributed by atoms with van der Waals surface area (Å²) in [6.07, 6.45) is 1.60. The van der Waals surface area contributed by atoms with Gasteiger partial charge >= 0.3 is 0 Å². The van der Waals surface area contributed by atoms with Crippen molar-refractivity contribution in [3.63, 3.8) is 0 Å². The third-order valence-electron chi connectivity index (χ3n) is 5.76. The van der Waals surface area contributed by atoms with Crippen molar-refractivity contribution >= 4 is 44.2 Å². The van der Waals surface area contributed by atoms with Gasteiger partial charge in [0.15, 0.2) is 5.65 Å². The first kappa shape index (κ1) is 22.4. The number of hydrogen-bond acceptors (Lipinski definition) is 6. The highest BCUT2D eigenvalue weighted by Crippen LogP contribution is 2.42. The first-order valence-electron chi connectivity index (χ1n) is 10.5. The van der Waals surface area contributed by atoms with E-state index in [0.29, 0.717) is 20.9 Å². The van der Waals surface area contributed by atoms with Gasteiger partial charge in [-0.15, -0.1) is 10.2 Å². The average Bonchev–Trinajstić information content (AvgIpc) is 3.14. The number of halogens is 3. The van der Waals surface area contributed by atoms with Crippen molar-refractivity contribution in [2.75, 3.05) is 5.32 Å². The molecule has 5 rings (SSSR count). The predicted octanol–water partition coefficient (Wildman–Crippen LogP) is 3.65. The van der Waals surface area contributed by atoms with E-state index < -0.39 is 36.0 Å². The molecular formula is C22H19BrF2N6O3. The number of nitrogens with one attached hydrogen (secondary N) is 1. The highest BCUT2D eigenvalue weighted by Gasteiger charge is 2.45. The predicted molar refractivity (Wildman–Crippen MR) is 123 cm³/mol. The molecule has 0 unspecified atom stereocenters. The van der Waals surface area contributed by atoms with Crippen LogP contribution in [0.25, 0.3) is 16.4 Å². The lowest BCUT2D eigenvalue weighted by Crippen LogP contribution is -2.43. The van der Waals surface area contributed by atoms with Crippen molar-refractivity contribution in [2.45, 2.75) is 38.3 Å². The van der Waals surface area contributed by atoms with E-state index in [4.69, 9.17) is 4.74 Å². The van der Waals surface area contributed by atoms with Gasteiger partial charge in [-0.2, -0.15) is 4.98 Å². The molecule has 1 aliphatic carbocycles. The summed E-state index contributed by atoms with van der Waals surface area (Å²) >= 11 is 3.36. The number of aromatic nitrogens is 5. The Morgan fingerprint density at radius 1 is 1.24 bits per heavy atom.